The predicted octanol–water partition coefficient (Wildman–Crippen LogP) is 7.20. The van der Waals surface area contributed by atoms with Gasteiger partial charge in [0, 0.05) is 0 Å². The topological polar surface area (TPSA) is 23.8 Å². The lowest BCUT2D eigenvalue weighted by Gasteiger charge is -2.31. The van der Waals surface area contributed by atoms with Gasteiger partial charge in [-0.25, -0.2) is 8.78 Å². The van der Waals surface area contributed by atoms with Crippen molar-refractivity contribution >= 4 is 0 Å². The minimum atomic E-state index is -0.770. The first kappa shape index (κ1) is 20.0. The van der Waals surface area contributed by atoms with Gasteiger partial charge in [-0.05, 0) is 98.8 Å². The Morgan fingerprint density at radius 2 is 1.52 bits per heavy atom. The van der Waals surface area contributed by atoms with E-state index in [-0.39, 0.29) is 5.92 Å². The summed E-state index contributed by atoms with van der Waals surface area (Å²) in [5.74, 6) is -0.107. The van der Waals surface area contributed by atoms with Crippen molar-refractivity contribution in [3.05, 3.63) is 47.3 Å². The Labute approximate surface area is 160 Å². The fraction of sp³-hybridized carbons (Fsp3) is 0.609. The molecule has 3 rings (SSSR count). The standard InChI is InChI=1S/C23H28F3N/c24-21(15-27)13-18-5-3-16(4-6-18)1-2-17-7-9-19(10-8-17)20-11-12-22(25)23(26)14-20/h11-14,16-19H,1-10H2/b21-13-. The third kappa shape index (κ3) is 5.61. The molecule has 0 atom stereocenters. The molecule has 146 valence electrons. The maximum atomic E-state index is 13.4. The van der Waals surface area contributed by atoms with E-state index in [1.54, 1.807) is 12.1 Å². The van der Waals surface area contributed by atoms with Crippen molar-refractivity contribution in [2.24, 2.45) is 17.8 Å². The molecule has 0 saturated heterocycles. The second-order valence-electron chi connectivity index (χ2n) is 8.38. The highest BCUT2D eigenvalue weighted by molar-refractivity contribution is 5.22. The lowest BCUT2D eigenvalue weighted by atomic mass is 9.74. The highest BCUT2D eigenvalue weighted by Gasteiger charge is 2.25. The molecule has 1 aromatic rings. The Bertz CT molecular complexity index is 690. The number of benzene rings is 1. The van der Waals surface area contributed by atoms with Crippen molar-refractivity contribution < 1.29 is 13.2 Å². The summed E-state index contributed by atoms with van der Waals surface area (Å²) in [5, 5.41) is 8.53. The lowest BCUT2D eigenvalue weighted by molar-refractivity contribution is 0.245. The van der Waals surface area contributed by atoms with Crippen molar-refractivity contribution in [2.75, 3.05) is 0 Å². The van der Waals surface area contributed by atoms with Crippen LogP contribution in [0.25, 0.3) is 0 Å². The van der Waals surface area contributed by atoms with E-state index >= 15 is 0 Å². The Balaban J connectivity index is 1.38. The van der Waals surface area contributed by atoms with Crippen molar-refractivity contribution in [3.8, 4) is 6.07 Å². The summed E-state index contributed by atoms with van der Waals surface area (Å²) < 4.78 is 39.6. The van der Waals surface area contributed by atoms with E-state index in [1.165, 1.54) is 31.1 Å². The largest absolute Gasteiger partial charge is 0.204 e. The van der Waals surface area contributed by atoms with Crippen molar-refractivity contribution in [2.45, 2.75) is 70.1 Å². The van der Waals surface area contributed by atoms with Crippen LogP contribution in [0, 0.1) is 40.7 Å². The zero-order valence-corrected chi connectivity index (χ0v) is 15.8. The summed E-state index contributed by atoms with van der Waals surface area (Å²) in [5.41, 5.74) is 0.934. The van der Waals surface area contributed by atoms with E-state index in [0.29, 0.717) is 5.92 Å². The Morgan fingerprint density at radius 3 is 2.07 bits per heavy atom. The van der Waals surface area contributed by atoms with Gasteiger partial charge in [-0.15, -0.1) is 0 Å². The molecule has 2 saturated carbocycles. The van der Waals surface area contributed by atoms with Gasteiger partial charge in [0.25, 0.3) is 0 Å². The fourth-order valence-corrected chi connectivity index (χ4v) is 4.91. The molecule has 0 unspecified atom stereocenters. The zero-order valence-electron chi connectivity index (χ0n) is 15.8. The number of hydrogen-bond donors (Lipinski definition) is 0. The number of halogens is 3. The van der Waals surface area contributed by atoms with E-state index in [0.717, 1.165) is 68.8 Å². The van der Waals surface area contributed by atoms with Crippen molar-refractivity contribution in [1.82, 2.24) is 0 Å². The summed E-state index contributed by atoms with van der Waals surface area (Å²) in [6, 6.07) is 5.90. The molecule has 0 spiro atoms. The molecule has 0 heterocycles. The smallest absolute Gasteiger partial charge is 0.196 e. The average Bonchev–Trinajstić information content (AvgIpc) is 2.70. The zero-order chi connectivity index (χ0) is 19.2. The van der Waals surface area contributed by atoms with Crippen LogP contribution in [-0.2, 0) is 0 Å². The van der Waals surface area contributed by atoms with E-state index in [1.807, 2.05) is 0 Å². The Hall–Kier alpha value is -1.76. The summed E-state index contributed by atoms with van der Waals surface area (Å²) in [6.45, 7) is 0. The van der Waals surface area contributed by atoms with E-state index in [4.69, 9.17) is 5.26 Å². The summed E-state index contributed by atoms with van der Waals surface area (Å²) in [4.78, 5) is 0. The summed E-state index contributed by atoms with van der Waals surface area (Å²) in [7, 11) is 0. The van der Waals surface area contributed by atoms with Crippen molar-refractivity contribution in [3.63, 3.8) is 0 Å². The second kappa shape index (κ2) is 9.44. The van der Waals surface area contributed by atoms with Gasteiger partial charge in [0.2, 0.25) is 0 Å². The monoisotopic (exact) mass is 375 g/mol. The van der Waals surface area contributed by atoms with Crippen LogP contribution in [0.15, 0.2) is 30.1 Å². The molecule has 1 aromatic carbocycles. The molecule has 0 aliphatic heterocycles. The Morgan fingerprint density at radius 1 is 0.926 bits per heavy atom. The minimum absolute atomic E-state index is 0.229. The average molecular weight is 375 g/mol. The quantitative estimate of drug-likeness (QED) is 0.499. The van der Waals surface area contributed by atoms with Gasteiger partial charge in [0.15, 0.2) is 17.5 Å². The first-order valence-corrected chi connectivity index (χ1v) is 10.3. The van der Waals surface area contributed by atoms with Crippen LogP contribution in [0.4, 0.5) is 13.2 Å². The molecule has 0 aromatic heterocycles. The first-order valence-electron chi connectivity index (χ1n) is 10.3. The van der Waals surface area contributed by atoms with Crippen LogP contribution < -0.4 is 0 Å². The molecule has 2 aliphatic carbocycles. The van der Waals surface area contributed by atoms with Crippen LogP contribution >= 0.6 is 0 Å². The van der Waals surface area contributed by atoms with Crippen LogP contribution in [0.3, 0.4) is 0 Å². The third-order valence-electron chi connectivity index (χ3n) is 6.63. The van der Waals surface area contributed by atoms with Gasteiger partial charge in [0.1, 0.15) is 6.07 Å². The van der Waals surface area contributed by atoms with E-state index in [2.05, 4.69) is 0 Å². The number of allylic oxidation sites excluding steroid dienone is 2. The molecular formula is C23H28F3N. The highest BCUT2D eigenvalue weighted by atomic mass is 19.2. The lowest BCUT2D eigenvalue weighted by Crippen LogP contribution is -2.17. The van der Waals surface area contributed by atoms with Crippen LogP contribution in [0.1, 0.15) is 75.7 Å². The van der Waals surface area contributed by atoms with Crippen LogP contribution in [-0.4, -0.2) is 0 Å². The normalized spacial score (nSPS) is 29.3. The Kier molecular flexibility index (Phi) is 6.99. The molecule has 27 heavy (non-hydrogen) atoms. The number of nitriles is 1. The molecule has 0 N–H and O–H groups in total. The maximum Gasteiger partial charge on any atom is 0.196 e. The third-order valence-corrected chi connectivity index (χ3v) is 6.63. The fourth-order valence-electron chi connectivity index (χ4n) is 4.91. The molecule has 2 aliphatic rings. The molecule has 0 amide bonds. The van der Waals surface area contributed by atoms with E-state index < -0.39 is 17.5 Å². The highest BCUT2D eigenvalue weighted by Crippen LogP contribution is 2.40. The predicted molar refractivity (Wildman–Crippen MR) is 101 cm³/mol. The SMILES string of the molecule is N#C/C(F)=C/C1CCC(CCC2CCC(c3ccc(F)c(F)c3)CC2)CC1. The van der Waals surface area contributed by atoms with Gasteiger partial charge in [-0.2, -0.15) is 9.65 Å². The van der Waals surface area contributed by atoms with Crippen molar-refractivity contribution in [1.29, 1.82) is 5.26 Å². The maximum absolute atomic E-state index is 13.4. The molecule has 1 nitrogen and oxygen atoms in total. The van der Waals surface area contributed by atoms with Gasteiger partial charge in [-0.3, -0.25) is 0 Å². The molecule has 0 radical (unpaired) electrons. The summed E-state index contributed by atoms with van der Waals surface area (Å²) >= 11 is 0. The second-order valence-corrected chi connectivity index (χ2v) is 8.38. The molecular weight excluding hydrogens is 347 g/mol. The van der Waals surface area contributed by atoms with Gasteiger partial charge >= 0.3 is 0 Å². The minimum Gasteiger partial charge on any atom is -0.204 e. The van der Waals surface area contributed by atoms with Crippen LogP contribution in [0.2, 0.25) is 0 Å². The first-order chi connectivity index (χ1) is 13.0. The number of rotatable bonds is 5. The van der Waals surface area contributed by atoms with Gasteiger partial charge in [0.05, 0.1) is 0 Å². The van der Waals surface area contributed by atoms with E-state index in [9.17, 15) is 13.2 Å². The van der Waals surface area contributed by atoms with Gasteiger partial charge < -0.3 is 0 Å². The summed E-state index contributed by atoms with van der Waals surface area (Å²) in [6.07, 6.45) is 12.6. The molecule has 0 bridgehead atoms. The molecule has 4 heteroatoms. The number of nitrogens with zero attached hydrogens (tertiary/aromatic N) is 1. The van der Waals surface area contributed by atoms with Gasteiger partial charge in [-0.1, -0.05) is 18.9 Å². The van der Waals surface area contributed by atoms with Crippen LogP contribution in [0.5, 0.6) is 0 Å². The molecule has 2 fully saturated rings. The number of hydrogen-bond acceptors (Lipinski definition) is 1.